The molecule has 0 fully saturated rings. The molecule has 0 aromatic heterocycles. The molecular weight excluding hydrogens is 323 g/mol. The summed E-state index contributed by atoms with van der Waals surface area (Å²) in [4.78, 5) is 12.4. The molecule has 4 heteroatoms. The molecule has 0 atom stereocenters. The van der Waals surface area contributed by atoms with Gasteiger partial charge >= 0.3 is 0 Å². The minimum absolute atomic E-state index is 0.0289. The van der Waals surface area contributed by atoms with Crippen molar-refractivity contribution in [3.63, 3.8) is 0 Å². The largest absolute Gasteiger partial charge is 0.491 e. The first kappa shape index (κ1) is 14.7. The number of halogens is 2. The van der Waals surface area contributed by atoms with Gasteiger partial charge in [0, 0.05) is 15.6 Å². The van der Waals surface area contributed by atoms with E-state index in [4.69, 9.17) is 4.74 Å². The van der Waals surface area contributed by atoms with Crippen molar-refractivity contribution in [2.75, 3.05) is 0 Å². The van der Waals surface area contributed by atoms with Crippen LogP contribution >= 0.6 is 15.9 Å². The highest BCUT2D eigenvalue weighted by Crippen LogP contribution is 2.23. The van der Waals surface area contributed by atoms with E-state index in [1.807, 2.05) is 13.8 Å². The van der Waals surface area contributed by atoms with Gasteiger partial charge in [0.05, 0.1) is 6.10 Å². The van der Waals surface area contributed by atoms with Crippen LogP contribution in [0, 0.1) is 5.82 Å². The van der Waals surface area contributed by atoms with Gasteiger partial charge in [0.2, 0.25) is 0 Å². The Morgan fingerprint density at radius 1 is 1.20 bits per heavy atom. The second kappa shape index (κ2) is 6.18. The number of carbonyl (C=O) groups is 1. The number of rotatable bonds is 4. The zero-order valence-corrected chi connectivity index (χ0v) is 12.8. The van der Waals surface area contributed by atoms with Gasteiger partial charge in [-0.15, -0.1) is 0 Å². The van der Waals surface area contributed by atoms with Crippen LogP contribution in [0.5, 0.6) is 5.75 Å². The molecule has 0 aliphatic rings. The van der Waals surface area contributed by atoms with E-state index in [-0.39, 0.29) is 11.9 Å². The highest BCUT2D eigenvalue weighted by molar-refractivity contribution is 9.10. The number of hydrogen-bond donors (Lipinski definition) is 0. The second-order valence-electron chi connectivity index (χ2n) is 4.65. The Kier molecular flexibility index (Phi) is 4.55. The molecule has 0 saturated heterocycles. The monoisotopic (exact) mass is 336 g/mol. The van der Waals surface area contributed by atoms with Gasteiger partial charge in [0.1, 0.15) is 11.6 Å². The van der Waals surface area contributed by atoms with Crippen molar-refractivity contribution in [2.45, 2.75) is 20.0 Å². The molecule has 0 spiro atoms. The van der Waals surface area contributed by atoms with Crippen LogP contribution in [-0.2, 0) is 0 Å². The van der Waals surface area contributed by atoms with Crippen molar-refractivity contribution in [3.05, 3.63) is 63.9 Å². The van der Waals surface area contributed by atoms with Gasteiger partial charge in [-0.05, 0) is 44.2 Å². The molecular formula is C16H14BrFO2. The summed E-state index contributed by atoms with van der Waals surface area (Å²) < 4.78 is 19.4. The molecule has 20 heavy (non-hydrogen) atoms. The summed E-state index contributed by atoms with van der Waals surface area (Å²) >= 11 is 3.27. The van der Waals surface area contributed by atoms with Gasteiger partial charge in [0.25, 0.3) is 0 Å². The quantitative estimate of drug-likeness (QED) is 0.762. The molecule has 0 N–H and O–H groups in total. The van der Waals surface area contributed by atoms with E-state index in [2.05, 4.69) is 15.9 Å². The van der Waals surface area contributed by atoms with E-state index >= 15 is 0 Å². The minimum atomic E-state index is -0.439. The Morgan fingerprint density at radius 2 is 1.95 bits per heavy atom. The Morgan fingerprint density at radius 3 is 2.65 bits per heavy atom. The minimum Gasteiger partial charge on any atom is -0.491 e. The van der Waals surface area contributed by atoms with Gasteiger partial charge in [-0.1, -0.05) is 28.1 Å². The zero-order valence-electron chi connectivity index (χ0n) is 11.2. The van der Waals surface area contributed by atoms with Gasteiger partial charge in [-0.25, -0.2) is 4.39 Å². The van der Waals surface area contributed by atoms with Gasteiger partial charge in [-0.2, -0.15) is 0 Å². The highest BCUT2D eigenvalue weighted by Gasteiger charge is 2.14. The summed E-state index contributed by atoms with van der Waals surface area (Å²) in [6.45, 7) is 3.83. The average molecular weight is 337 g/mol. The molecule has 104 valence electrons. The number of hydrogen-bond acceptors (Lipinski definition) is 2. The lowest BCUT2D eigenvalue weighted by atomic mass is 10.0. The Balaban J connectivity index is 2.35. The van der Waals surface area contributed by atoms with Crippen molar-refractivity contribution in [2.24, 2.45) is 0 Å². The van der Waals surface area contributed by atoms with Crippen LogP contribution < -0.4 is 4.74 Å². The first-order chi connectivity index (χ1) is 9.47. The highest BCUT2D eigenvalue weighted by atomic mass is 79.9. The van der Waals surface area contributed by atoms with E-state index in [0.717, 1.165) is 0 Å². The maximum atomic E-state index is 13.3. The molecule has 0 amide bonds. The maximum absolute atomic E-state index is 13.3. The van der Waals surface area contributed by atoms with Crippen molar-refractivity contribution < 1.29 is 13.9 Å². The molecule has 2 nitrogen and oxygen atoms in total. The molecule has 2 aromatic carbocycles. The summed E-state index contributed by atoms with van der Waals surface area (Å²) in [6, 6.07) is 10.9. The summed E-state index contributed by atoms with van der Waals surface area (Å²) in [7, 11) is 0. The number of ketones is 1. The number of ether oxygens (including phenoxy) is 1. The van der Waals surface area contributed by atoms with E-state index < -0.39 is 5.82 Å². The lowest BCUT2D eigenvalue weighted by Gasteiger charge is -2.11. The summed E-state index contributed by atoms with van der Waals surface area (Å²) in [6.07, 6.45) is 0.0289. The smallest absolute Gasteiger partial charge is 0.194 e. The van der Waals surface area contributed by atoms with E-state index in [1.54, 1.807) is 24.3 Å². The Bertz CT molecular complexity index is 638. The maximum Gasteiger partial charge on any atom is 0.194 e. The Labute approximate surface area is 125 Å². The molecule has 0 radical (unpaired) electrons. The van der Waals surface area contributed by atoms with Crippen LogP contribution in [0.2, 0.25) is 0 Å². The first-order valence-electron chi connectivity index (χ1n) is 6.24. The average Bonchev–Trinajstić information content (AvgIpc) is 2.40. The normalized spacial score (nSPS) is 10.7. The molecule has 0 bridgehead atoms. The topological polar surface area (TPSA) is 26.3 Å². The van der Waals surface area contributed by atoms with Gasteiger partial charge in [-0.3, -0.25) is 4.79 Å². The predicted octanol–water partition coefficient (Wildman–Crippen LogP) is 4.61. The van der Waals surface area contributed by atoms with E-state index in [9.17, 15) is 9.18 Å². The fourth-order valence-corrected chi connectivity index (χ4v) is 2.24. The fourth-order valence-electron chi connectivity index (χ4n) is 1.81. The first-order valence-corrected chi connectivity index (χ1v) is 7.03. The summed E-state index contributed by atoms with van der Waals surface area (Å²) in [5.41, 5.74) is 0.765. The molecule has 0 saturated carbocycles. The van der Waals surface area contributed by atoms with E-state index in [0.29, 0.717) is 21.3 Å². The van der Waals surface area contributed by atoms with Crippen molar-refractivity contribution >= 4 is 21.7 Å². The number of carbonyl (C=O) groups excluding carboxylic acids is 1. The SMILES string of the molecule is CC(C)Oc1cccc(C(=O)c2cc(F)ccc2Br)c1. The lowest BCUT2D eigenvalue weighted by molar-refractivity contribution is 0.103. The van der Waals surface area contributed by atoms with Crippen LogP contribution in [0.15, 0.2) is 46.9 Å². The third kappa shape index (κ3) is 3.45. The third-order valence-electron chi connectivity index (χ3n) is 2.64. The van der Waals surface area contributed by atoms with Crippen LogP contribution in [0.1, 0.15) is 29.8 Å². The van der Waals surface area contributed by atoms with Gasteiger partial charge < -0.3 is 4.74 Å². The standard InChI is InChI=1S/C16H14BrFO2/c1-10(2)20-13-5-3-4-11(8-13)16(19)14-9-12(18)6-7-15(14)17/h3-10H,1-2H3. The molecule has 0 heterocycles. The van der Waals surface area contributed by atoms with Crippen LogP contribution in [0.4, 0.5) is 4.39 Å². The fraction of sp³-hybridized carbons (Fsp3) is 0.188. The van der Waals surface area contributed by atoms with Gasteiger partial charge in [0.15, 0.2) is 5.78 Å². The summed E-state index contributed by atoms with van der Waals surface area (Å²) in [5, 5.41) is 0. The second-order valence-corrected chi connectivity index (χ2v) is 5.50. The third-order valence-corrected chi connectivity index (χ3v) is 3.33. The molecule has 0 aliphatic heterocycles. The van der Waals surface area contributed by atoms with Crippen molar-refractivity contribution in [1.29, 1.82) is 0 Å². The number of benzene rings is 2. The Hall–Kier alpha value is -1.68. The van der Waals surface area contributed by atoms with Crippen molar-refractivity contribution in [1.82, 2.24) is 0 Å². The zero-order chi connectivity index (χ0) is 14.7. The molecule has 2 aromatic rings. The summed E-state index contributed by atoms with van der Waals surface area (Å²) in [5.74, 6) is -0.0601. The lowest BCUT2D eigenvalue weighted by Crippen LogP contribution is -2.07. The van der Waals surface area contributed by atoms with Crippen LogP contribution in [0.3, 0.4) is 0 Å². The van der Waals surface area contributed by atoms with Crippen LogP contribution in [-0.4, -0.2) is 11.9 Å². The van der Waals surface area contributed by atoms with Crippen LogP contribution in [0.25, 0.3) is 0 Å². The predicted molar refractivity (Wildman–Crippen MR) is 79.7 cm³/mol. The molecule has 2 rings (SSSR count). The molecule has 0 unspecified atom stereocenters. The molecule has 0 aliphatic carbocycles. The van der Waals surface area contributed by atoms with E-state index in [1.165, 1.54) is 18.2 Å². The van der Waals surface area contributed by atoms with Crippen molar-refractivity contribution in [3.8, 4) is 5.75 Å².